The van der Waals surface area contributed by atoms with Crippen molar-refractivity contribution >= 4 is 21.9 Å². The lowest BCUT2D eigenvalue weighted by Crippen LogP contribution is -2.38. The minimum Gasteiger partial charge on any atom is -0.480 e. The number of carbonyl (C=O) groups excluding carboxylic acids is 1. The smallest absolute Gasteiger partial charge is 0.325 e. The van der Waals surface area contributed by atoms with Crippen molar-refractivity contribution in [1.82, 2.24) is 9.62 Å². The zero-order valence-corrected chi connectivity index (χ0v) is 13.6. The highest BCUT2D eigenvalue weighted by Crippen LogP contribution is 2.16. The maximum absolute atomic E-state index is 12.3. The average molecular weight is 328 g/mol. The van der Waals surface area contributed by atoms with Crippen LogP contribution in [0.5, 0.6) is 0 Å². The van der Waals surface area contributed by atoms with Crippen molar-refractivity contribution in [3.05, 3.63) is 29.8 Å². The highest BCUT2D eigenvalue weighted by Gasteiger charge is 2.22. The van der Waals surface area contributed by atoms with Gasteiger partial charge in [0.1, 0.15) is 6.04 Å². The third-order valence-electron chi connectivity index (χ3n) is 3.18. The van der Waals surface area contributed by atoms with E-state index in [0.717, 1.165) is 0 Å². The molecular formula is C14H20N2O5S. The Morgan fingerprint density at radius 2 is 1.68 bits per heavy atom. The van der Waals surface area contributed by atoms with Gasteiger partial charge in [0.15, 0.2) is 0 Å². The van der Waals surface area contributed by atoms with Gasteiger partial charge < -0.3 is 10.4 Å². The molecule has 0 spiro atoms. The van der Waals surface area contributed by atoms with Crippen molar-refractivity contribution in [1.29, 1.82) is 0 Å². The predicted octanol–water partition coefficient (Wildman–Crippen LogP) is 0.920. The Bertz CT molecular complexity index is 636. The Kier molecular flexibility index (Phi) is 6.07. The van der Waals surface area contributed by atoms with Crippen LogP contribution in [0.15, 0.2) is 29.2 Å². The van der Waals surface area contributed by atoms with E-state index in [1.165, 1.54) is 35.5 Å². The van der Waals surface area contributed by atoms with Gasteiger partial charge in [0, 0.05) is 18.7 Å². The number of sulfonamides is 1. The first kappa shape index (κ1) is 18.1. The van der Waals surface area contributed by atoms with Crippen LogP contribution in [0.4, 0.5) is 0 Å². The lowest BCUT2D eigenvalue weighted by molar-refractivity contribution is -0.138. The fraction of sp³-hybridized carbons (Fsp3) is 0.429. The molecule has 2 N–H and O–H groups in total. The number of aliphatic carboxylic acids is 1. The van der Waals surface area contributed by atoms with Crippen molar-refractivity contribution in [2.24, 2.45) is 0 Å². The number of benzene rings is 1. The topological polar surface area (TPSA) is 104 Å². The molecule has 1 aromatic rings. The van der Waals surface area contributed by atoms with E-state index in [9.17, 15) is 18.0 Å². The van der Waals surface area contributed by atoms with Gasteiger partial charge in [0.05, 0.1) is 4.90 Å². The van der Waals surface area contributed by atoms with Gasteiger partial charge in [-0.15, -0.1) is 0 Å². The maximum Gasteiger partial charge on any atom is 0.325 e. The van der Waals surface area contributed by atoms with E-state index < -0.39 is 27.9 Å². The molecule has 0 saturated carbocycles. The van der Waals surface area contributed by atoms with Gasteiger partial charge in [-0.25, -0.2) is 8.42 Å². The van der Waals surface area contributed by atoms with E-state index in [4.69, 9.17) is 5.11 Å². The van der Waals surface area contributed by atoms with Gasteiger partial charge in [-0.2, -0.15) is 4.31 Å². The van der Waals surface area contributed by atoms with Gasteiger partial charge in [-0.3, -0.25) is 9.59 Å². The minimum absolute atomic E-state index is 0.0963. The van der Waals surface area contributed by atoms with E-state index in [1.54, 1.807) is 13.8 Å². The number of carboxylic acid groups (broad SMARTS) is 1. The summed E-state index contributed by atoms with van der Waals surface area (Å²) in [4.78, 5) is 22.6. The van der Waals surface area contributed by atoms with Gasteiger partial charge in [-0.1, -0.05) is 13.8 Å². The van der Waals surface area contributed by atoms with Crippen molar-refractivity contribution in [3.63, 3.8) is 0 Å². The summed E-state index contributed by atoms with van der Waals surface area (Å²) in [6.07, 6.45) is 0. The van der Waals surface area contributed by atoms with Crippen molar-refractivity contribution in [3.8, 4) is 0 Å². The second kappa shape index (κ2) is 7.37. The molecule has 0 heterocycles. The summed E-state index contributed by atoms with van der Waals surface area (Å²) in [5, 5.41) is 11.0. The second-order valence-corrected chi connectivity index (χ2v) is 6.59. The Morgan fingerprint density at radius 3 is 2.09 bits per heavy atom. The number of carboxylic acids is 1. The molecule has 0 radical (unpaired) electrons. The molecule has 1 unspecified atom stereocenters. The number of hydrogen-bond acceptors (Lipinski definition) is 4. The minimum atomic E-state index is -3.57. The van der Waals surface area contributed by atoms with Crippen LogP contribution in [-0.4, -0.2) is 48.8 Å². The summed E-state index contributed by atoms with van der Waals surface area (Å²) in [5.74, 6) is -1.71. The molecule has 0 aliphatic rings. The molecule has 0 aromatic heterocycles. The standard InChI is InChI=1S/C14H20N2O5S/c1-4-16(5-2)22(20,21)12-8-6-11(7-9-12)13(17)15-10(3)14(18)19/h6-10H,4-5H2,1-3H3,(H,15,17)(H,18,19). The molecule has 0 fully saturated rings. The Balaban J connectivity index is 2.96. The van der Waals surface area contributed by atoms with E-state index in [2.05, 4.69) is 5.32 Å². The predicted molar refractivity (Wildman–Crippen MR) is 81.1 cm³/mol. The molecule has 22 heavy (non-hydrogen) atoms. The summed E-state index contributed by atoms with van der Waals surface area (Å²) in [7, 11) is -3.57. The number of hydrogen-bond donors (Lipinski definition) is 2. The maximum atomic E-state index is 12.3. The van der Waals surface area contributed by atoms with Gasteiger partial charge >= 0.3 is 5.97 Å². The molecule has 122 valence electrons. The molecule has 1 rings (SSSR count). The molecule has 8 heteroatoms. The lowest BCUT2D eigenvalue weighted by Gasteiger charge is -2.18. The van der Waals surface area contributed by atoms with Crippen LogP contribution in [0.3, 0.4) is 0 Å². The Hall–Kier alpha value is -1.93. The number of rotatable bonds is 7. The quantitative estimate of drug-likeness (QED) is 0.774. The van der Waals surface area contributed by atoms with Crippen LogP contribution >= 0.6 is 0 Å². The molecule has 0 aliphatic carbocycles. The SMILES string of the molecule is CCN(CC)S(=O)(=O)c1ccc(C(=O)NC(C)C(=O)O)cc1. The monoisotopic (exact) mass is 328 g/mol. The molecule has 1 aromatic carbocycles. The third-order valence-corrected chi connectivity index (χ3v) is 5.24. The van der Waals surface area contributed by atoms with Crippen molar-refractivity contribution < 1.29 is 23.1 Å². The summed E-state index contributed by atoms with van der Waals surface area (Å²) in [5.41, 5.74) is 0.201. The van der Waals surface area contributed by atoms with E-state index in [0.29, 0.717) is 13.1 Å². The summed E-state index contributed by atoms with van der Waals surface area (Å²) >= 11 is 0. The lowest BCUT2D eigenvalue weighted by atomic mass is 10.2. The molecule has 1 amide bonds. The average Bonchev–Trinajstić information content (AvgIpc) is 2.48. The van der Waals surface area contributed by atoms with Crippen LogP contribution in [-0.2, 0) is 14.8 Å². The van der Waals surface area contributed by atoms with Crippen LogP contribution in [0.2, 0.25) is 0 Å². The van der Waals surface area contributed by atoms with E-state index >= 15 is 0 Å². The van der Waals surface area contributed by atoms with E-state index in [-0.39, 0.29) is 10.5 Å². The normalized spacial score (nSPS) is 12.9. The van der Waals surface area contributed by atoms with E-state index in [1.807, 2.05) is 0 Å². The van der Waals surface area contributed by atoms with Crippen molar-refractivity contribution in [2.45, 2.75) is 31.7 Å². The Morgan fingerprint density at radius 1 is 1.18 bits per heavy atom. The molecule has 0 saturated heterocycles. The highest BCUT2D eigenvalue weighted by atomic mass is 32.2. The fourth-order valence-electron chi connectivity index (χ4n) is 1.83. The van der Waals surface area contributed by atoms with Crippen LogP contribution in [0, 0.1) is 0 Å². The highest BCUT2D eigenvalue weighted by molar-refractivity contribution is 7.89. The number of nitrogens with one attached hydrogen (secondary N) is 1. The molecule has 0 aliphatic heterocycles. The van der Waals surface area contributed by atoms with Crippen LogP contribution in [0.1, 0.15) is 31.1 Å². The molecule has 0 bridgehead atoms. The Labute approximate surface area is 130 Å². The molecule has 1 atom stereocenters. The van der Waals surface area contributed by atoms with Gasteiger partial charge in [0.2, 0.25) is 10.0 Å². The second-order valence-electron chi connectivity index (χ2n) is 4.65. The molecular weight excluding hydrogens is 308 g/mol. The summed E-state index contributed by atoms with van der Waals surface area (Å²) in [6.45, 7) is 5.56. The van der Waals surface area contributed by atoms with Gasteiger partial charge in [-0.05, 0) is 31.2 Å². The van der Waals surface area contributed by atoms with Crippen LogP contribution in [0.25, 0.3) is 0 Å². The van der Waals surface area contributed by atoms with Crippen LogP contribution < -0.4 is 5.32 Å². The first-order chi connectivity index (χ1) is 10.2. The van der Waals surface area contributed by atoms with Crippen molar-refractivity contribution in [2.75, 3.05) is 13.1 Å². The molecule has 7 nitrogen and oxygen atoms in total. The first-order valence-corrected chi connectivity index (χ1v) is 8.31. The number of amides is 1. The largest absolute Gasteiger partial charge is 0.480 e. The number of carbonyl (C=O) groups is 2. The summed E-state index contributed by atoms with van der Waals surface area (Å²) < 4.78 is 25.9. The fourth-order valence-corrected chi connectivity index (χ4v) is 3.29. The number of nitrogens with zero attached hydrogens (tertiary/aromatic N) is 1. The summed E-state index contributed by atoms with van der Waals surface area (Å²) in [6, 6.07) is 4.38. The third kappa shape index (κ3) is 4.05. The first-order valence-electron chi connectivity index (χ1n) is 6.87. The van der Waals surface area contributed by atoms with Gasteiger partial charge in [0.25, 0.3) is 5.91 Å². The zero-order chi connectivity index (χ0) is 16.9. The zero-order valence-electron chi connectivity index (χ0n) is 12.7.